The summed E-state index contributed by atoms with van der Waals surface area (Å²) in [4.78, 5) is 24.3. The Bertz CT molecular complexity index is 266. The summed E-state index contributed by atoms with van der Waals surface area (Å²) >= 11 is 1.63. The SMILES string of the molecule is CNC(=O)[C@@H]1CSC(C)(C)N1C(C)=O. The molecule has 0 aromatic carbocycles. The zero-order valence-electron chi connectivity index (χ0n) is 8.96. The fraction of sp³-hybridized carbons (Fsp3) is 0.778. The van der Waals surface area contributed by atoms with Crippen molar-refractivity contribution in [3.63, 3.8) is 0 Å². The second-order valence-electron chi connectivity index (χ2n) is 3.78. The maximum atomic E-state index is 11.5. The van der Waals surface area contributed by atoms with Crippen LogP contribution in [0.15, 0.2) is 0 Å². The molecule has 0 bridgehead atoms. The topological polar surface area (TPSA) is 49.4 Å². The van der Waals surface area contributed by atoms with Gasteiger partial charge in [0.05, 0.1) is 4.87 Å². The van der Waals surface area contributed by atoms with E-state index in [1.807, 2.05) is 13.8 Å². The van der Waals surface area contributed by atoms with Crippen molar-refractivity contribution in [1.29, 1.82) is 0 Å². The highest BCUT2D eigenvalue weighted by Gasteiger charge is 2.44. The molecule has 80 valence electrons. The molecule has 1 heterocycles. The third-order valence-corrected chi connectivity index (χ3v) is 3.76. The molecule has 1 aliphatic heterocycles. The van der Waals surface area contributed by atoms with Gasteiger partial charge < -0.3 is 10.2 Å². The van der Waals surface area contributed by atoms with Crippen LogP contribution in [0.4, 0.5) is 0 Å². The number of hydrogen-bond acceptors (Lipinski definition) is 3. The first kappa shape index (κ1) is 11.4. The van der Waals surface area contributed by atoms with Gasteiger partial charge in [-0.25, -0.2) is 0 Å². The van der Waals surface area contributed by atoms with E-state index in [4.69, 9.17) is 0 Å². The van der Waals surface area contributed by atoms with E-state index in [-0.39, 0.29) is 22.7 Å². The lowest BCUT2D eigenvalue weighted by Crippen LogP contribution is -2.51. The van der Waals surface area contributed by atoms with Gasteiger partial charge in [0.25, 0.3) is 0 Å². The molecular weight excluding hydrogens is 200 g/mol. The molecule has 1 N–H and O–H groups in total. The van der Waals surface area contributed by atoms with Crippen LogP contribution in [0.5, 0.6) is 0 Å². The quantitative estimate of drug-likeness (QED) is 0.691. The van der Waals surface area contributed by atoms with E-state index in [2.05, 4.69) is 5.32 Å². The van der Waals surface area contributed by atoms with Crippen LogP contribution >= 0.6 is 11.8 Å². The zero-order valence-corrected chi connectivity index (χ0v) is 9.77. The molecule has 1 atom stereocenters. The molecule has 0 spiro atoms. The van der Waals surface area contributed by atoms with E-state index in [1.54, 1.807) is 23.7 Å². The maximum Gasteiger partial charge on any atom is 0.243 e. The first-order chi connectivity index (χ1) is 6.40. The molecule has 1 aliphatic rings. The molecule has 4 nitrogen and oxygen atoms in total. The molecule has 0 radical (unpaired) electrons. The smallest absolute Gasteiger partial charge is 0.243 e. The van der Waals surface area contributed by atoms with Crippen LogP contribution < -0.4 is 5.32 Å². The van der Waals surface area contributed by atoms with E-state index in [9.17, 15) is 9.59 Å². The second kappa shape index (κ2) is 3.81. The summed E-state index contributed by atoms with van der Waals surface area (Å²) < 4.78 is 0. The number of carbonyl (C=O) groups is 2. The minimum atomic E-state index is -0.322. The summed E-state index contributed by atoms with van der Waals surface area (Å²) in [6, 6.07) is -0.322. The van der Waals surface area contributed by atoms with Crippen LogP contribution in [0.1, 0.15) is 20.8 Å². The number of carbonyl (C=O) groups excluding carboxylic acids is 2. The van der Waals surface area contributed by atoms with Crippen LogP contribution in [-0.4, -0.2) is 40.4 Å². The number of thioether (sulfide) groups is 1. The van der Waals surface area contributed by atoms with Crippen LogP contribution in [-0.2, 0) is 9.59 Å². The molecule has 1 rings (SSSR count). The molecule has 0 aliphatic carbocycles. The van der Waals surface area contributed by atoms with Gasteiger partial charge in [-0.3, -0.25) is 9.59 Å². The lowest BCUT2D eigenvalue weighted by Gasteiger charge is -2.32. The van der Waals surface area contributed by atoms with Crippen molar-refractivity contribution in [2.24, 2.45) is 0 Å². The minimum absolute atomic E-state index is 0.0476. The predicted molar refractivity (Wildman–Crippen MR) is 56.9 cm³/mol. The minimum Gasteiger partial charge on any atom is -0.357 e. The number of likely N-dealkylation sites (N-methyl/N-ethyl adjacent to an activating group) is 1. The van der Waals surface area contributed by atoms with Crippen molar-refractivity contribution in [2.45, 2.75) is 31.7 Å². The summed E-state index contributed by atoms with van der Waals surface area (Å²) in [6.45, 7) is 5.42. The van der Waals surface area contributed by atoms with E-state index >= 15 is 0 Å². The first-order valence-corrected chi connectivity index (χ1v) is 5.54. The van der Waals surface area contributed by atoms with Crippen LogP contribution in [0.3, 0.4) is 0 Å². The third kappa shape index (κ3) is 1.87. The van der Waals surface area contributed by atoms with Crippen molar-refractivity contribution >= 4 is 23.6 Å². The Morgan fingerprint density at radius 3 is 2.50 bits per heavy atom. The maximum absolute atomic E-state index is 11.5. The van der Waals surface area contributed by atoms with Gasteiger partial charge in [-0.05, 0) is 13.8 Å². The second-order valence-corrected chi connectivity index (χ2v) is 5.40. The molecule has 0 unspecified atom stereocenters. The summed E-state index contributed by atoms with van der Waals surface area (Å²) in [5.74, 6) is 0.540. The summed E-state index contributed by atoms with van der Waals surface area (Å²) in [7, 11) is 1.59. The van der Waals surface area contributed by atoms with Gasteiger partial charge in [0.1, 0.15) is 6.04 Å². The Balaban J connectivity index is 2.90. The van der Waals surface area contributed by atoms with Crippen LogP contribution in [0.25, 0.3) is 0 Å². The average molecular weight is 216 g/mol. The van der Waals surface area contributed by atoms with Gasteiger partial charge in [0.2, 0.25) is 11.8 Å². The molecule has 0 aromatic heterocycles. The Labute approximate surface area is 88.4 Å². The number of rotatable bonds is 1. The number of nitrogens with zero attached hydrogens (tertiary/aromatic N) is 1. The molecule has 5 heteroatoms. The highest BCUT2D eigenvalue weighted by atomic mass is 32.2. The average Bonchev–Trinajstić information content (AvgIpc) is 2.39. The molecule has 2 amide bonds. The Morgan fingerprint density at radius 2 is 2.07 bits per heavy atom. The van der Waals surface area contributed by atoms with Gasteiger partial charge >= 0.3 is 0 Å². The third-order valence-electron chi connectivity index (χ3n) is 2.37. The zero-order chi connectivity index (χ0) is 10.9. The fourth-order valence-electron chi connectivity index (χ4n) is 1.76. The van der Waals surface area contributed by atoms with Crippen LogP contribution in [0.2, 0.25) is 0 Å². The van der Waals surface area contributed by atoms with Gasteiger partial charge in [-0.2, -0.15) is 0 Å². The highest BCUT2D eigenvalue weighted by Crippen LogP contribution is 2.38. The molecule has 0 saturated carbocycles. The monoisotopic (exact) mass is 216 g/mol. The van der Waals surface area contributed by atoms with Gasteiger partial charge in [-0.15, -0.1) is 11.8 Å². The predicted octanol–water partition coefficient (Wildman–Crippen LogP) is 0.432. The Kier molecular flexibility index (Phi) is 3.09. The van der Waals surface area contributed by atoms with Gasteiger partial charge in [0, 0.05) is 19.7 Å². The lowest BCUT2D eigenvalue weighted by molar-refractivity contribution is -0.139. The van der Waals surface area contributed by atoms with Gasteiger partial charge in [0.15, 0.2) is 0 Å². The Morgan fingerprint density at radius 1 is 1.50 bits per heavy atom. The summed E-state index contributed by atoms with van der Waals surface area (Å²) in [6.07, 6.45) is 0. The lowest BCUT2D eigenvalue weighted by atomic mass is 10.2. The van der Waals surface area contributed by atoms with Crippen molar-refractivity contribution in [3.8, 4) is 0 Å². The van der Waals surface area contributed by atoms with E-state index in [1.165, 1.54) is 6.92 Å². The highest BCUT2D eigenvalue weighted by molar-refractivity contribution is 8.00. The molecule has 14 heavy (non-hydrogen) atoms. The number of nitrogens with one attached hydrogen (secondary N) is 1. The standard InChI is InChI=1S/C9H16N2O2S/c1-6(12)11-7(8(13)10-4)5-14-9(11,2)3/h7H,5H2,1-4H3,(H,10,13)/t7-/m0/s1. The normalized spacial score (nSPS) is 24.9. The summed E-state index contributed by atoms with van der Waals surface area (Å²) in [5, 5.41) is 2.58. The molecule has 0 aromatic rings. The van der Waals surface area contributed by atoms with E-state index in [0.717, 1.165) is 0 Å². The largest absolute Gasteiger partial charge is 0.357 e. The fourth-order valence-corrected chi connectivity index (χ4v) is 3.02. The van der Waals surface area contributed by atoms with Gasteiger partial charge in [-0.1, -0.05) is 0 Å². The number of amides is 2. The van der Waals surface area contributed by atoms with Crippen molar-refractivity contribution in [1.82, 2.24) is 10.2 Å². The van der Waals surface area contributed by atoms with E-state index in [0.29, 0.717) is 5.75 Å². The van der Waals surface area contributed by atoms with Crippen LogP contribution in [0, 0.1) is 0 Å². The Hall–Kier alpha value is -0.710. The van der Waals surface area contributed by atoms with Crippen molar-refractivity contribution in [2.75, 3.05) is 12.8 Å². The van der Waals surface area contributed by atoms with E-state index < -0.39 is 0 Å². The molecule has 1 saturated heterocycles. The molecule has 1 fully saturated rings. The van der Waals surface area contributed by atoms with Crippen molar-refractivity contribution < 1.29 is 9.59 Å². The first-order valence-electron chi connectivity index (χ1n) is 4.55. The molecular formula is C9H16N2O2S. The number of hydrogen-bond donors (Lipinski definition) is 1. The summed E-state index contributed by atoms with van der Waals surface area (Å²) in [5.41, 5.74) is 0. The van der Waals surface area contributed by atoms with Crippen molar-refractivity contribution in [3.05, 3.63) is 0 Å².